The number of nitrogens with one attached hydrogen (secondary N) is 2. The van der Waals surface area contributed by atoms with E-state index in [1.165, 1.54) is 5.56 Å². The largest absolute Gasteiger partial charge is 0.366 e. The number of morpholine rings is 1. The van der Waals surface area contributed by atoms with Crippen LogP contribution in [0.1, 0.15) is 33.5 Å². The zero-order valence-corrected chi connectivity index (χ0v) is 13.5. The van der Waals surface area contributed by atoms with Crippen molar-refractivity contribution in [2.75, 3.05) is 19.7 Å². The number of nitrogens with zero attached hydrogens (tertiary/aromatic N) is 4. The number of rotatable bonds is 2. The third-order valence-corrected chi connectivity index (χ3v) is 4.58. The van der Waals surface area contributed by atoms with Gasteiger partial charge in [0.1, 0.15) is 6.10 Å². The van der Waals surface area contributed by atoms with Crippen molar-refractivity contribution in [3.63, 3.8) is 0 Å². The highest BCUT2D eigenvalue weighted by Crippen LogP contribution is 2.26. The number of fused-ring (bicyclic) bond motifs is 1. The van der Waals surface area contributed by atoms with Crippen LogP contribution in [0.2, 0.25) is 0 Å². The summed E-state index contributed by atoms with van der Waals surface area (Å²) in [6.45, 7) is 5.48. The topological polar surface area (TPSA) is 99.8 Å². The van der Waals surface area contributed by atoms with Crippen LogP contribution in [0.25, 0.3) is 10.9 Å². The smallest absolute Gasteiger partial charge is 0.256 e. The van der Waals surface area contributed by atoms with Crippen molar-refractivity contribution in [2.45, 2.75) is 20.0 Å². The molecule has 0 aliphatic carbocycles. The van der Waals surface area contributed by atoms with Crippen LogP contribution in [0.15, 0.2) is 18.2 Å². The lowest BCUT2D eigenvalue weighted by Gasteiger charge is -2.31. The molecule has 8 heteroatoms. The molecule has 8 nitrogen and oxygen atoms in total. The minimum atomic E-state index is -0.354. The molecule has 2 aromatic heterocycles. The number of ether oxygens (including phenoxy) is 1. The van der Waals surface area contributed by atoms with Crippen molar-refractivity contribution in [3.8, 4) is 0 Å². The summed E-state index contributed by atoms with van der Waals surface area (Å²) in [5, 5.41) is 15.0. The molecule has 2 N–H and O–H groups in total. The van der Waals surface area contributed by atoms with Crippen LogP contribution in [-0.2, 0) is 4.74 Å². The Morgan fingerprint density at radius 2 is 2.25 bits per heavy atom. The lowest BCUT2D eigenvalue weighted by Crippen LogP contribution is -2.42. The van der Waals surface area contributed by atoms with Crippen LogP contribution in [0.3, 0.4) is 0 Å². The second kappa shape index (κ2) is 5.72. The van der Waals surface area contributed by atoms with Gasteiger partial charge in [-0.2, -0.15) is 5.21 Å². The second-order valence-electron chi connectivity index (χ2n) is 5.98. The van der Waals surface area contributed by atoms with E-state index in [4.69, 9.17) is 4.74 Å². The monoisotopic (exact) mass is 326 g/mol. The molecule has 24 heavy (non-hydrogen) atoms. The molecule has 124 valence electrons. The number of aromatic amines is 2. The Bertz CT molecular complexity index is 885. The average Bonchev–Trinajstić information content (AvgIpc) is 3.24. The molecule has 1 unspecified atom stereocenters. The zero-order valence-electron chi connectivity index (χ0n) is 13.5. The van der Waals surface area contributed by atoms with E-state index in [9.17, 15) is 4.79 Å². The highest BCUT2D eigenvalue weighted by Gasteiger charge is 2.29. The van der Waals surface area contributed by atoms with Gasteiger partial charge in [0.05, 0.1) is 24.2 Å². The number of aromatic nitrogens is 5. The van der Waals surface area contributed by atoms with Crippen molar-refractivity contribution >= 4 is 16.8 Å². The van der Waals surface area contributed by atoms with Crippen LogP contribution < -0.4 is 0 Å². The predicted molar refractivity (Wildman–Crippen MR) is 86.5 cm³/mol. The highest BCUT2D eigenvalue weighted by molar-refractivity contribution is 6.06. The predicted octanol–water partition coefficient (Wildman–Crippen LogP) is 1.51. The number of H-pyrrole nitrogens is 2. The van der Waals surface area contributed by atoms with Gasteiger partial charge < -0.3 is 14.6 Å². The van der Waals surface area contributed by atoms with E-state index in [1.54, 1.807) is 4.90 Å². The van der Waals surface area contributed by atoms with Gasteiger partial charge in [0.15, 0.2) is 0 Å². The summed E-state index contributed by atoms with van der Waals surface area (Å²) in [5.74, 6) is 0.455. The number of hydrogen-bond donors (Lipinski definition) is 2. The van der Waals surface area contributed by atoms with Crippen LogP contribution in [0.4, 0.5) is 0 Å². The molecule has 3 heterocycles. The van der Waals surface area contributed by atoms with Gasteiger partial charge in [-0.25, -0.2) is 0 Å². The summed E-state index contributed by atoms with van der Waals surface area (Å²) in [6, 6.07) is 5.82. The Morgan fingerprint density at radius 1 is 1.38 bits per heavy atom. The summed E-state index contributed by atoms with van der Waals surface area (Å²) < 4.78 is 5.66. The molecule has 1 aromatic carbocycles. The molecule has 4 rings (SSSR count). The molecule has 0 radical (unpaired) electrons. The Labute approximate surface area is 138 Å². The van der Waals surface area contributed by atoms with E-state index in [0.29, 0.717) is 31.1 Å². The van der Waals surface area contributed by atoms with Crippen LogP contribution in [-0.4, -0.2) is 56.1 Å². The number of benzene rings is 1. The van der Waals surface area contributed by atoms with Gasteiger partial charge in [0, 0.05) is 17.6 Å². The molecule has 0 bridgehead atoms. The lowest BCUT2D eigenvalue weighted by atomic mass is 10.1. The fraction of sp³-hybridized carbons (Fsp3) is 0.375. The van der Waals surface area contributed by atoms with E-state index in [0.717, 1.165) is 16.6 Å². The summed E-state index contributed by atoms with van der Waals surface area (Å²) in [7, 11) is 0. The first-order valence-electron chi connectivity index (χ1n) is 7.87. The fourth-order valence-electron chi connectivity index (χ4n) is 3.13. The normalized spacial score (nSPS) is 18.2. The van der Waals surface area contributed by atoms with Gasteiger partial charge >= 0.3 is 0 Å². The number of carbonyl (C=O) groups excluding carboxylic acids is 1. The molecule has 1 amide bonds. The maximum atomic E-state index is 13.0. The van der Waals surface area contributed by atoms with Gasteiger partial charge in [-0.1, -0.05) is 17.3 Å². The van der Waals surface area contributed by atoms with Crippen LogP contribution in [0.5, 0.6) is 0 Å². The first-order chi connectivity index (χ1) is 11.6. The van der Waals surface area contributed by atoms with E-state index >= 15 is 0 Å². The van der Waals surface area contributed by atoms with Gasteiger partial charge in [0.25, 0.3) is 5.91 Å². The van der Waals surface area contributed by atoms with E-state index in [2.05, 4.69) is 32.5 Å². The standard InChI is InChI=1S/C16H18N6O2/c1-9-10(2)17-14-11(9)4-3-5-12(14)16(23)22-6-7-24-13(8-22)15-18-20-21-19-15/h3-5,13,17H,6-8H2,1-2H3,(H,18,19,20,21). The summed E-state index contributed by atoms with van der Waals surface area (Å²) in [6.07, 6.45) is -0.354. The Kier molecular flexibility index (Phi) is 3.53. The van der Waals surface area contributed by atoms with Crippen LogP contribution >= 0.6 is 0 Å². The number of hydrogen-bond acceptors (Lipinski definition) is 5. The second-order valence-corrected chi connectivity index (χ2v) is 5.98. The maximum Gasteiger partial charge on any atom is 0.256 e. The van der Waals surface area contributed by atoms with E-state index in [1.807, 2.05) is 25.1 Å². The molecular formula is C16H18N6O2. The van der Waals surface area contributed by atoms with Crippen molar-refractivity contribution < 1.29 is 9.53 Å². The molecule has 1 fully saturated rings. The molecule has 1 atom stereocenters. The Morgan fingerprint density at radius 3 is 3.04 bits per heavy atom. The molecule has 0 spiro atoms. The number of aryl methyl sites for hydroxylation is 2. The highest BCUT2D eigenvalue weighted by atomic mass is 16.5. The molecule has 1 saturated heterocycles. The van der Waals surface area contributed by atoms with Crippen molar-refractivity contribution in [3.05, 3.63) is 40.8 Å². The first-order valence-corrected chi connectivity index (χ1v) is 7.87. The SMILES string of the molecule is Cc1[nH]c2c(C(=O)N3CCOC(c4nn[nH]n4)C3)cccc2c1C. The molecule has 3 aromatic rings. The first kappa shape index (κ1) is 14.8. The molecule has 0 saturated carbocycles. The van der Waals surface area contributed by atoms with Crippen molar-refractivity contribution in [2.24, 2.45) is 0 Å². The van der Waals surface area contributed by atoms with E-state index in [-0.39, 0.29) is 12.0 Å². The number of amides is 1. The number of carbonyl (C=O) groups is 1. The Hall–Kier alpha value is -2.74. The third-order valence-electron chi connectivity index (χ3n) is 4.58. The van der Waals surface area contributed by atoms with Crippen molar-refractivity contribution in [1.29, 1.82) is 0 Å². The van der Waals surface area contributed by atoms with Crippen LogP contribution in [0, 0.1) is 13.8 Å². The fourth-order valence-corrected chi connectivity index (χ4v) is 3.13. The summed E-state index contributed by atoms with van der Waals surface area (Å²) >= 11 is 0. The quantitative estimate of drug-likeness (QED) is 0.743. The maximum absolute atomic E-state index is 13.0. The minimum Gasteiger partial charge on any atom is -0.366 e. The third kappa shape index (κ3) is 2.35. The van der Waals surface area contributed by atoms with Gasteiger partial charge in [-0.15, -0.1) is 10.2 Å². The van der Waals surface area contributed by atoms with Gasteiger partial charge in [0.2, 0.25) is 5.82 Å². The number of tetrazole rings is 1. The van der Waals surface area contributed by atoms with Crippen molar-refractivity contribution in [1.82, 2.24) is 30.5 Å². The summed E-state index contributed by atoms with van der Waals surface area (Å²) in [4.78, 5) is 18.2. The molecular weight excluding hydrogens is 308 g/mol. The summed E-state index contributed by atoms with van der Waals surface area (Å²) in [5.41, 5.74) is 3.82. The molecule has 1 aliphatic rings. The average molecular weight is 326 g/mol. The van der Waals surface area contributed by atoms with E-state index < -0.39 is 0 Å². The number of para-hydroxylation sites is 1. The Balaban J connectivity index is 1.65. The molecule has 1 aliphatic heterocycles. The van der Waals surface area contributed by atoms with Gasteiger partial charge in [-0.05, 0) is 25.5 Å². The zero-order chi connectivity index (χ0) is 16.7. The minimum absolute atomic E-state index is 0.0151. The lowest BCUT2D eigenvalue weighted by molar-refractivity contribution is -0.0267. The van der Waals surface area contributed by atoms with Gasteiger partial charge in [-0.3, -0.25) is 4.79 Å².